The van der Waals surface area contributed by atoms with E-state index >= 15 is 0 Å². The number of aromatic nitrogens is 3. The van der Waals surface area contributed by atoms with E-state index in [-0.39, 0.29) is 11.4 Å². The third kappa shape index (κ3) is 4.48. The average molecular weight is 392 g/mol. The molecular weight excluding hydrogens is 362 g/mol. The lowest BCUT2D eigenvalue weighted by Crippen LogP contribution is -2.52. The van der Waals surface area contributed by atoms with Crippen molar-refractivity contribution in [3.63, 3.8) is 0 Å². The molecule has 3 heterocycles. The van der Waals surface area contributed by atoms with Crippen molar-refractivity contribution in [2.24, 2.45) is 7.05 Å². The summed E-state index contributed by atoms with van der Waals surface area (Å²) in [6, 6.07) is 11.6. The van der Waals surface area contributed by atoms with Crippen LogP contribution in [0.15, 0.2) is 42.6 Å². The summed E-state index contributed by atoms with van der Waals surface area (Å²) >= 11 is 0. The molecule has 1 amide bonds. The van der Waals surface area contributed by atoms with Crippen LogP contribution in [0.2, 0.25) is 0 Å². The first-order chi connectivity index (χ1) is 13.9. The van der Waals surface area contributed by atoms with Crippen LogP contribution in [0.1, 0.15) is 43.5 Å². The molecule has 0 spiro atoms. The van der Waals surface area contributed by atoms with E-state index in [4.69, 9.17) is 4.98 Å². The molecule has 0 unspecified atom stereocenters. The van der Waals surface area contributed by atoms with E-state index in [1.807, 2.05) is 49.6 Å². The Morgan fingerprint density at radius 2 is 1.86 bits per heavy atom. The first-order valence-electron chi connectivity index (χ1n) is 10.4. The second-order valence-corrected chi connectivity index (χ2v) is 8.62. The normalized spacial score (nSPS) is 15.6. The van der Waals surface area contributed by atoms with Crippen LogP contribution in [0.4, 0.5) is 0 Å². The Morgan fingerprint density at radius 1 is 1.10 bits per heavy atom. The van der Waals surface area contributed by atoms with Crippen LogP contribution in [0, 0.1) is 0 Å². The third-order valence-electron chi connectivity index (χ3n) is 5.46. The maximum atomic E-state index is 13.3. The zero-order valence-corrected chi connectivity index (χ0v) is 17.5. The molecular formula is C23H29N5O. The molecule has 3 aromatic rings. The summed E-state index contributed by atoms with van der Waals surface area (Å²) in [4.78, 5) is 20.5. The lowest BCUT2D eigenvalue weighted by atomic mass is 10.00. The van der Waals surface area contributed by atoms with E-state index in [9.17, 15) is 4.79 Å². The van der Waals surface area contributed by atoms with Gasteiger partial charge in [-0.2, -0.15) is 5.10 Å². The molecule has 0 bridgehead atoms. The molecule has 6 nitrogen and oxygen atoms in total. The number of carbonyl (C=O) groups is 1. The van der Waals surface area contributed by atoms with E-state index in [0.717, 1.165) is 36.2 Å². The number of carbonyl (C=O) groups excluding carboxylic acids is 1. The molecule has 1 aliphatic heterocycles. The summed E-state index contributed by atoms with van der Waals surface area (Å²) in [7, 11) is 1.88. The smallest absolute Gasteiger partial charge is 0.252 e. The zero-order chi connectivity index (χ0) is 20.4. The van der Waals surface area contributed by atoms with Crippen molar-refractivity contribution in [2.75, 3.05) is 19.6 Å². The van der Waals surface area contributed by atoms with Gasteiger partial charge in [0.05, 0.1) is 16.8 Å². The zero-order valence-electron chi connectivity index (χ0n) is 17.5. The van der Waals surface area contributed by atoms with E-state index in [0.29, 0.717) is 11.3 Å². The van der Waals surface area contributed by atoms with Crippen LogP contribution in [0.5, 0.6) is 0 Å². The van der Waals surface area contributed by atoms with Gasteiger partial charge in [0.25, 0.3) is 5.91 Å². The molecule has 2 aromatic heterocycles. The summed E-state index contributed by atoms with van der Waals surface area (Å²) in [5.41, 5.74) is 2.60. The fraction of sp³-hybridized carbons (Fsp3) is 0.435. The SMILES string of the molecule is Cn1ccc(-c2cc(C(=O)NC(C)(C)CN3CCCCC3)c3ccccc3n2)n1. The summed E-state index contributed by atoms with van der Waals surface area (Å²) in [5, 5.41) is 8.58. The number of pyridine rings is 1. The standard InChI is InChI=1S/C23H29N5O/c1-23(2,16-28-12-7-4-8-13-28)25-22(29)18-15-21(20-11-14-27(3)26-20)24-19-10-6-5-9-17(18)19/h5-6,9-11,14-15H,4,7-8,12-13,16H2,1-3H3,(H,25,29). The fourth-order valence-corrected chi connectivity index (χ4v) is 4.14. The number of benzene rings is 1. The number of hydrogen-bond acceptors (Lipinski definition) is 4. The van der Waals surface area contributed by atoms with E-state index in [1.165, 1.54) is 19.3 Å². The van der Waals surface area contributed by atoms with Gasteiger partial charge < -0.3 is 10.2 Å². The minimum absolute atomic E-state index is 0.0669. The van der Waals surface area contributed by atoms with Crippen LogP contribution in [0.3, 0.4) is 0 Å². The lowest BCUT2D eigenvalue weighted by molar-refractivity contribution is 0.0880. The summed E-state index contributed by atoms with van der Waals surface area (Å²) in [6.45, 7) is 7.28. The number of fused-ring (bicyclic) bond motifs is 1. The van der Waals surface area contributed by atoms with Gasteiger partial charge >= 0.3 is 0 Å². The van der Waals surface area contributed by atoms with Crippen LogP contribution < -0.4 is 5.32 Å². The van der Waals surface area contributed by atoms with Gasteiger partial charge in [0.15, 0.2) is 0 Å². The quantitative estimate of drug-likeness (QED) is 0.721. The van der Waals surface area contributed by atoms with Gasteiger partial charge in [-0.25, -0.2) is 4.98 Å². The van der Waals surface area contributed by atoms with E-state index in [2.05, 4.69) is 29.2 Å². The Kier molecular flexibility index (Phi) is 5.37. The number of hydrogen-bond donors (Lipinski definition) is 1. The van der Waals surface area contributed by atoms with Crippen molar-refractivity contribution in [1.29, 1.82) is 0 Å². The van der Waals surface area contributed by atoms with E-state index < -0.39 is 0 Å². The molecule has 0 atom stereocenters. The summed E-state index contributed by atoms with van der Waals surface area (Å²) < 4.78 is 1.74. The predicted octanol–water partition coefficient (Wildman–Crippen LogP) is 3.63. The number of rotatable bonds is 5. The van der Waals surface area contributed by atoms with Gasteiger partial charge in [-0.05, 0) is 58.0 Å². The first kappa shape index (κ1) is 19.6. The van der Waals surface area contributed by atoms with Crippen molar-refractivity contribution in [1.82, 2.24) is 25.0 Å². The molecule has 0 radical (unpaired) electrons. The van der Waals surface area contributed by atoms with Crippen molar-refractivity contribution < 1.29 is 4.79 Å². The number of likely N-dealkylation sites (tertiary alicyclic amines) is 1. The Hall–Kier alpha value is -2.73. The van der Waals surface area contributed by atoms with Crippen molar-refractivity contribution >= 4 is 16.8 Å². The van der Waals surface area contributed by atoms with Crippen LogP contribution in [0.25, 0.3) is 22.3 Å². The molecule has 1 aromatic carbocycles. The molecule has 1 fully saturated rings. The molecule has 1 aliphatic rings. The van der Waals surface area contributed by atoms with Crippen LogP contribution >= 0.6 is 0 Å². The largest absolute Gasteiger partial charge is 0.346 e. The Bertz CT molecular complexity index is 1020. The maximum Gasteiger partial charge on any atom is 0.252 e. The number of amides is 1. The second-order valence-electron chi connectivity index (χ2n) is 8.62. The topological polar surface area (TPSA) is 63.1 Å². The second kappa shape index (κ2) is 7.95. The predicted molar refractivity (Wildman–Crippen MR) is 116 cm³/mol. The van der Waals surface area contributed by atoms with Gasteiger partial charge in [-0.15, -0.1) is 0 Å². The summed E-state index contributed by atoms with van der Waals surface area (Å²) in [5.74, 6) is -0.0669. The lowest BCUT2D eigenvalue weighted by Gasteiger charge is -2.35. The van der Waals surface area contributed by atoms with Crippen LogP contribution in [-0.2, 0) is 7.05 Å². The number of piperidine rings is 1. The third-order valence-corrected chi connectivity index (χ3v) is 5.46. The van der Waals surface area contributed by atoms with Gasteiger partial charge in [0.1, 0.15) is 5.69 Å². The van der Waals surface area contributed by atoms with Gasteiger partial charge in [0.2, 0.25) is 0 Å². The fourth-order valence-electron chi connectivity index (χ4n) is 4.14. The molecule has 4 rings (SSSR count). The number of aryl methyl sites for hydroxylation is 1. The molecule has 152 valence electrons. The molecule has 1 saturated heterocycles. The summed E-state index contributed by atoms with van der Waals surface area (Å²) in [6.07, 6.45) is 5.68. The monoisotopic (exact) mass is 391 g/mol. The number of nitrogens with zero attached hydrogens (tertiary/aromatic N) is 4. The Morgan fingerprint density at radius 3 is 2.59 bits per heavy atom. The molecule has 0 aliphatic carbocycles. The minimum Gasteiger partial charge on any atom is -0.346 e. The molecule has 0 saturated carbocycles. The van der Waals surface area contributed by atoms with Crippen molar-refractivity contribution in [3.8, 4) is 11.4 Å². The Balaban J connectivity index is 1.63. The average Bonchev–Trinajstić information content (AvgIpc) is 3.13. The first-order valence-corrected chi connectivity index (χ1v) is 10.4. The number of para-hydroxylation sites is 1. The molecule has 29 heavy (non-hydrogen) atoms. The highest BCUT2D eigenvalue weighted by atomic mass is 16.1. The molecule has 6 heteroatoms. The highest BCUT2D eigenvalue weighted by Gasteiger charge is 2.26. The van der Waals surface area contributed by atoms with E-state index in [1.54, 1.807) is 4.68 Å². The Labute approximate surface area is 171 Å². The van der Waals surface area contributed by atoms with Crippen molar-refractivity contribution in [3.05, 3.63) is 48.2 Å². The van der Waals surface area contributed by atoms with Gasteiger partial charge in [0, 0.05) is 30.7 Å². The highest BCUT2D eigenvalue weighted by molar-refractivity contribution is 6.07. The maximum absolute atomic E-state index is 13.3. The van der Waals surface area contributed by atoms with Gasteiger partial charge in [-0.1, -0.05) is 24.6 Å². The van der Waals surface area contributed by atoms with Crippen LogP contribution in [-0.4, -0.2) is 50.7 Å². The van der Waals surface area contributed by atoms with Crippen molar-refractivity contribution in [2.45, 2.75) is 38.6 Å². The highest BCUT2D eigenvalue weighted by Crippen LogP contribution is 2.24. The number of nitrogens with one attached hydrogen (secondary N) is 1. The molecule has 1 N–H and O–H groups in total. The van der Waals surface area contributed by atoms with Gasteiger partial charge in [-0.3, -0.25) is 9.48 Å². The minimum atomic E-state index is -0.316.